The lowest BCUT2D eigenvalue weighted by Crippen LogP contribution is -2.12. The lowest BCUT2D eigenvalue weighted by atomic mass is 10.0. The summed E-state index contributed by atoms with van der Waals surface area (Å²) in [7, 11) is 0. The molecule has 0 saturated heterocycles. The van der Waals surface area contributed by atoms with Crippen LogP contribution in [0.2, 0.25) is 0 Å². The van der Waals surface area contributed by atoms with Crippen LogP contribution in [0.1, 0.15) is 30.0 Å². The number of benzene rings is 1. The number of nitrogens with two attached hydrogens (primary N) is 1. The highest BCUT2D eigenvalue weighted by Crippen LogP contribution is 2.41. The average Bonchev–Trinajstić information content (AvgIpc) is 3.01. The van der Waals surface area contributed by atoms with Gasteiger partial charge in [-0.25, -0.2) is 0 Å². The van der Waals surface area contributed by atoms with Gasteiger partial charge in [-0.3, -0.25) is 0 Å². The fourth-order valence-electron chi connectivity index (χ4n) is 1.60. The molecular weight excluding hydrogens is 176 g/mol. The van der Waals surface area contributed by atoms with E-state index >= 15 is 0 Å². The van der Waals surface area contributed by atoms with Gasteiger partial charge in [0.1, 0.15) is 5.75 Å². The molecule has 0 heterocycles. The second-order valence-corrected chi connectivity index (χ2v) is 3.75. The van der Waals surface area contributed by atoms with Gasteiger partial charge in [0.05, 0.1) is 11.6 Å². The topological polar surface area (TPSA) is 70.0 Å². The maximum absolute atomic E-state index is 9.59. The summed E-state index contributed by atoms with van der Waals surface area (Å²) in [6, 6.07) is 6.73. The summed E-state index contributed by atoms with van der Waals surface area (Å²) < 4.78 is 0. The number of hydrogen-bond donors (Lipinski definition) is 2. The quantitative estimate of drug-likeness (QED) is 0.741. The van der Waals surface area contributed by atoms with E-state index in [1.807, 2.05) is 6.07 Å². The molecule has 0 spiro atoms. The van der Waals surface area contributed by atoms with Crippen LogP contribution >= 0.6 is 0 Å². The minimum Gasteiger partial charge on any atom is -0.508 e. The Kier molecular flexibility index (Phi) is 2.14. The van der Waals surface area contributed by atoms with Crippen molar-refractivity contribution < 1.29 is 5.11 Å². The highest BCUT2D eigenvalue weighted by atomic mass is 16.3. The number of phenols is 1. The third-order valence-corrected chi connectivity index (χ3v) is 2.65. The molecule has 1 aliphatic carbocycles. The molecule has 3 heteroatoms. The van der Waals surface area contributed by atoms with Crippen LogP contribution in [0, 0.1) is 17.2 Å². The molecule has 14 heavy (non-hydrogen) atoms. The highest BCUT2D eigenvalue weighted by molar-refractivity contribution is 5.43. The molecule has 3 N–H and O–H groups in total. The van der Waals surface area contributed by atoms with Crippen molar-refractivity contribution >= 4 is 0 Å². The van der Waals surface area contributed by atoms with Gasteiger partial charge < -0.3 is 10.8 Å². The number of phenolic OH excluding ortho intramolecular Hbond substituents is 1. The SMILES string of the molecule is N#Cc1ccc(O)c([C@H](N)C2CC2)c1. The van der Waals surface area contributed by atoms with Crippen LogP contribution in [0.15, 0.2) is 18.2 Å². The van der Waals surface area contributed by atoms with E-state index in [0.29, 0.717) is 17.0 Å². The molecule has 0 amide bonds. The first-order chi connectivity index (χ1) is 6.72. The summed E-state index contributed by atoms with van der Waals surface area (Å²) in [5.74, 6) is 0.679. The van der Waals surface area contributed by atoms with Gasteiger partial charge in [0, 0.05) is 11.6 Å². The molecule has 3 nitrogen and oxygen atoms in total. The fourth-order valence-corrected chi connectivity index (χ4v) is 1.60. The summed E-state index contributed by atoms with van der Waals surface area (Å²) >= 11 is 0. The smallest absolute Gasteiger partial charge is 0.120 e. The Hall–Kier alpha value is -1.53. The van der Waals surface area contributed by atoms with Crippen molar-refractivity contribution in [2.45, 2.75) is 18.9 Å². The molecule has 1 atom stereocenters. The number of nitriles is 1. The zero-order chi connectivity index (χ0) is 10.1. The fraction of sp³-hybridized carbons (Fsp3) is 0.364. The van der Waals surface area contributed by atoms with Crippen LogP contribution in [-0.2, 0) is 0 Å². The monoisotopic (exact) mass is 188 g/mol. The van der Waals surface area contributed by atoms with Crippen LogP contribution in [0.25, 0.3) is 0 Å². The first kappa shape index (κ1) is 9.04. The molecule has 1 fully saturated rings. The van der Waals surface area contributed by atoms with E-state index in [2.05, 4.69) is 0 Å². The summed E-state index contributed by atoms with van der Waals surface area (Å²) in [5.41, 5.74) is 7.21. The van der Waals surface area contributed by atoms with Crippen molar-refractivity contribution in [3.05, 3.63) is 29.3 Å². The molecule has 1 aromatic rings. The van der Waals surface area contributed by atoms with E-state index < -0.39 is 0 Å². The maximum Gasteiger partial charge on any atom is 0.120 e. The lowest BCUT2D eigenvalue weighted by molar-refractivity contribution is 0.456. The molecular formula is C11H12N2O. The molecule has 72 valence electrons. The second-order valence-electron chi connectivity index (χ2n) is 3.75. The molecule has 0 unspecified atom stereocenters. The molecule has 2 rings (SSSR count). The van der Waals surface area contributed by atoms with Gasteiger partial charge in [0.2, 0.25) is 0 Å². The molecule has 0 radical (unpaired) electrons. The largest absolute Gasteiger partial charge is 0.508 e. The first-order valence-corrected chi connectivity index (χ1v) is 4.71. The number of hydrogen-bond acceptors (Lipinski definition) is 3. The summed E-state index contributed by atoms with van der Waals surface area (Å²) in [6.45, 7) is 0. The van der Waals surface area contributed by atoms with E-state index in [9.17, 15) is 5.11 Å². The third kappa shape index (κ3) is 1.57. The van der Waals surface area contributed by atoms with Gasteiger partial charge in [-0.15, -0.1) is 0 Å². The van der Waals surface area contributed by atoms with E-state index in [-0.39, 0.29) is 11.8 Å². The zero-order valence-corrected chi connectivity index (χ0v) is 7.77. The van der Waals surface area contributed by atoms with Crippen LogP contribution in [0.3, 0.4) is 0 Å². The van der Waals surface area contributed by atoms with Gasteiger partial charge >= 0.3 is 0 Å². The van der Waals surface area contributed by atoms with Crippen LogP contribution < -0.4 is 5.73 Å². The van der Waals surface area contributed by atoms with Crippen molar-refractivity contribution in [1.29, 1.82) is 5.26 Å². The molecule has 0 bridgehead atoms. The molecule has 0 aliphatic heterocycles. The van der Waals surface area contributed by atoms with Crippen molar-refractivity contribution in [1.82, 2.24) is 0 Å². The van der Waals surface area contributed by atoms with Crippen LogP contribution in [0.5, 0.6) is 5.75 Å². The van der Waals surface area contributed by atoms with Crippen LogP contribution in [-0.4, -0.2) is 5.11 Å². The minimum absolute atomic E-state index is 0.122. The van der Waals surface area contributed by atoms with E-state index in [0.717, 1.165) is 12.8 Å². The van der Waals surface area contributed by atoms with E-state index in [1.165, 1.54) is 6.07 Å². The minimum atomic E-state index is -0.122. The number of aromatic hydroxyl groups is 1. The predicted molar refractivity (Wildman–Crippen MR) is 52.5 cm³/mol. The van der Waals surface area contributed by atoms with Gasteiger partial charge in [-0.05, 0) is 37.0 Å². The number of nitrogens with zero attached hydrogens (tertiary/aromatic N) is 1. The maximum atomic E-state index is 9.59. The molecule has 0 aromatic heterocycles. The van der Waals surface area contributed by atoms with Gasteiger partial charge in [0.15, 0.2) is 0 Å². The lowest BCUT2D eigenvalue weighted by Gasteiger charge is -2.12. The van der Waals surface area contributed by atoms with Crippen LogP contribution in [0.4, 0.5) is 0 Å². The van der Waals surface area contributed by atoms with Gasteiger partial charge in [-0.2, -0.15) is 5.26 Å². The third-order valence-electron chi connectivity index (χ3n) is 2.65. The molecule has 1 aromatic carbocycles. The standard InChI is InChI=1S/C11H12N2O/c12-6-7-1-4-10(14)9(5-7)11(13)8-2-3-8/h1,4-5,8,11,14H,2-3,13H2/t11-/m1/s1. The highest BCUT2D eigenvalue weighted by Gasteiger charge is 2.31. The molecule has 1 saturated carbocycles. The summed E-state index contributed by atoms with van der Waals surface area (Å²) in [5, 5.41) is 18.3. The van der Waals surface area contributed by atoms with Crippen molar-refractivity contribution in [2.75, 3.05) is 0 Å². The van der Waals surface area contributed by atoms with Gasteiger partial charge in [-0.1, -0.05) is 0 Å². The normalized spacial score (nSPS) is 17.4. The summed E-state index contributed by atoms with van der Waals surface area (Å²) in [6.07, 6.45) is 2.24. The Labute approximate surface area is 82.8 Å². The number of rotatable bonds is 2. The van der Waals surface area contributed by atoms with Crippen molar-refractivity contribution in [2.24, 2.45) is 11.7 Å². The second kappa shape index (κ2) is 3.32. The Morgan fingerprint density at radius 2 is 2.21 bits per heavy atom. The predicted octanol–water partition coefficient (Wildman–Crippen LogP) is 1.67. The Bertz CT molecular complexity index is 391. The Morgan fingerprint density at radius 3 is 2.79 bits per heavy atom. The van der Waals surface area contributed by atoms with Crippen molar-refractivity contribution in [3.63, 3.8) is 0 Å². The van der Waals surface area contributed by atoms with E-state index in [4.69, 9.17) is 11.0 Å². The van der Waals surface area contributed by atoms with Gasteiger partial charge in [0.25, 0.3) is 0 Å². The Morgan fingerprint density at radius 1 is 1.50 bits per heavy atom. The van der Waals surface area contributed by atoms with E-state index in [1.54, 1.807) is 12.1 Å². The first-order valence-electron chi connectivity index (χ1n) is 4.71. The molecule has 1 aliphatic rings. The Balaban J connectivity index is 2.35. The van der Waals surface area contributed by atoms with Crippen molar-refractivity contribution in [3.8, 4) is 11.8 Å². The summed E-state index contributed by atoms with van der Waals surface area (Å²) in [4.78, 5) is 0. The zero-order valence-electron chi connectivity index (χ0n) is 7.77. The average molecular weight is 188 g/mol.